The van der Waals surface area contributed by atoms with Crippen LogP contribution in [-0.4, -0.2) is 50.6 Å². The summed E-state index contributed by atoms with van der Waals surface area (Å²) in [6.45, 7) is 5.83. The Labute approximate surface area is 170 Å². The molecular formula is C20H35IN4. The summed E-state index contributed by atoms with van der Waals surface area (Å²) < 4.78 is 0. The normalized spacial score (nSPS) is 15.5. The Balaban J connectivity index is 0.00000312. The number of guanidine groups is 1. The Kier molecular flexibility index (Phi) is 12.8. The number of hydrogen-bond donors (Lipinski definition) is 2. The van der Waals surface area contributed by atoms with Gasteiger partial charge in [-0.2, -0.15) is 0 Å². The monoisotopic (exact) mass is 458 g/mol. The van der Waals surface area contributed by atoms with Crippen molar-refractivity contribution in [2.75, 3.05) is 39.8 Å². The molecule has 0 amide bonds. The second-order valence-corrected chi connectivity index (χ2v) is 6.62. The zero-order chi connectivity index (χ0) is 16.9. The van der Waals surface area contributed by atoms with Gasteiger partial charge in [0.25, 0.3) is 0 Å². The SMILES string of the molecule is CN=C(NCCCCCN1CCCCC1)NCCc1ccccc1.I. The smallest absolute Gasteiger partial charge is 0.190 e. The van der Waals surface area contributed by atoms with Crippen LogP contribution in [0.3, 0.4) is 0 Å². The number of benzene rings is 1. The average molecular weight is 458 g/mol. The van der Waals surface area contributed by atoms with Gasteiger partial charge >= 0.3 is 0 Å². The predicted molar refractivity (Wildman–Crippen MR) is 119 cm³/mol. The molecule has 142 valence electrons. The molecule has 1 saturated heterocycles. The molecule has 0 radical (unpaired) electrons. The Morgan fingerprint density at radius 3 is 2.40 bits per heavy atom. The van der Waals surface area contributed by atoms with E-state index in [4.69, 9.17) is 0 Å². The van der Waals surface area contributed by atoms with Crippen molar-refractivity contribution in [1.82, 2.24) is 15.5 Å². The Hall–Kier alpha value is -0.820. The first kappa shape index (κ1) is 22.2. The summed E-state index contributed by atoms with van der Waals surface area (Å²) in [5.41, 5.74) is 1.36. The maximum atomic E-state index is 4.30. The van der Waals surface area contributed by atoms with Crippen molar-refractivity contribution >= 4 is 29.9 Å². The molecule has 4 nitrogen and oxygen atoms in total. The van der Waals surface area contributed by atoms with Crippen LogP contribution in [0, 0.1) is 0 Å². The quantitative estimate of drug-likeness (QED) is 0.257. The fourth-order valence-electron chi connectivity index (χ4n) is 3.22. The summed E-state index contributed by atoms with van der Waals surface area (Å²) >= 11 is 0. The van der Waals surface area contributed by atoms with Crippen LogP contribution in [0.5, 0.6) is 0 Å². The molecular weight excluding hydrogens is 423 g/mol. The zero-order valence-electron chi connectivity index (χ0n) is 15.7. The largest absolute Gasteiger partial charge is 0.356 e. The zero-order valence-corrected chi connectivity index (χ0v) is 18.0. The molecule has 1 aliphatic heterocycles. The van der Waals surface area contributed by atoms with Crippen LogP contribution in [0.1, 0.15) is 44.1 Å². The van der Waals surface area contributed by atoms with Crippen LogP contribution in [0.15, 0.2) is 35.3 Å². The number of piperidine rings is 1. The number of halogens is 1. The number of nitrogens with zero attached hydrogens (tertiary/aromatic N) is 2. The maximum absolute atomic E-state index is 4.30. The molecule has 1 aliphatic rings. The predicted octanol–water partition coefficient (Wildman–Crippen LogP) is 3.67. The number of likely N-dealkylation sites (tertiary alicyclic amines) is 1. The number of aliphatic imine (C=N–C) groups is 1. The van der Waals surface area contributed by atoms with Crippen LogP contribution >= 0.6 is 24.0 Å². The van der Waals surface area contributed by atoms with Crippen LogP contribution in [-0.2, 0) is 6.42 Å². The fourth-order valence-corrected chi connectivity index (χ4v) is 3.22. The third-order valence-electron chi connectivity index (χ3n) is 4.66. The Morgan fingerprint density at radius 2 is 1.68 bits per heavy atom. The summed E-state index contributed by atoms with van der Waals surface area (Å²) in [6, 6.07) is 10.6. The van der Waals surface area contributed by atoms with E-state index in [2.05, 4.69) is 50.9 Å². The van der Waals surface area contributed by atoms with Crippen LogP contribution in [0.2, 0.25) is 0 Å². The minimum atomic E-state index is 0. The Morgan fingerprint density at radius 1 is 0.960 bits per heavy atom. The summed E-state index contributed by atoms with van der Waals surface area (Å²) in [4.78, 5) is 6.92. The van der Waals surface area contributed by atoms with Gasteiger partial charge in [-0.1, -0.05) is 43.2 Å². The van der Waals surface area contributed by atoms with Crippen LogP contribution in [0.25, 0.3) is 0 Å². The lowest BCUT2D eigenvalue weighted by Crippen LogP contribution is -2.38. The first-order chi connectivity index (χ1) is 11.9. The van der Waals surface area contributed by atoms with Gasteiger partial charge < -0.3 is 15.5 Å². The van der Waals surface area contributed by atoms with E-state index in [0.29, 0.717) is 0 Å². The maximum Gasteiger partial charge on any atom is 0.190 e. The molecule has 2 N–H and O–H groups in total. The van der Waals surface area contributed by atoms with E-state index in [1.54, 1.807) is 0 Å². The van der Waals surface area contributed by atoms with Crippen molar-refractivity contribution in [2.45, 2.75) is 44.9 Å². The molecule has 0 saturated carbocycles. The lowest BCUT2D eigenvalue weighted by molar-refractivity contribution is 0.224. The molecule has 0 unspecified atom stereocenters. The van der Waals surface area contributed by atoms with Gasteiger partial charge in [-0.05, 0) is 57.3 Å². The third-order valence-corrected chi connectivity index (χ3v) is 4.66. The highest BCUT2D eigenvalue weighted by Crippen LogP contribution is 2.09. The van der Waals surface area contributed by atoms with Gasteiger partial charge in [-0.3, -0.25) is 4.99 Å². The molecule has 1 heterocycles. The minimum Gasteiger partial charge on any atom is -0.356 e. The van der Waals surface area contributed by atoms with Gasteiger partial charge in [0, 0.05) is 20.1 Å². The van der Waals surface area contributed by atoms with E-state index < -0.39 is 0 Å². The molecule has 1 aromatic carbocycles. The molecule has 25 heavy (non-hydrogen) atoms. The van der Waals surface area contributed by atoms with Gasteiger partial charge in [-0.15, -0.1) is 24.0 Å². The van der Waals surface area contributed by atoms with Crippen LogP contribution < -0.4 is 10.6 Å². The second-order valence-electron chi connectivity index (χ2n) is 6.62. The number of hydrogen-bond acceptors (Lipinski definition) is 2. The van der Waals surface area contributed by atoms with E-state index in [1.807, 2.05) is 7.05 Å². The number of rotatable bonds is 9. The summed E-state index contributed by atoms with van der Waals surface area (Å²) in [6.07, 6.45) is 9.08. The van der Waals surface area contributed by atoms with Crippen molar-refractivity contribution in [2.24, 2.45) is 4.99 Å². The van der Waals surface area contributed by atoms with Gasteiger partial charge in [0.15, 0.2) is 5.96 Å². The number of unbranched alkanes of at least 4 members (excludes halogenated alkanes) is 2. The van der Waals surface area contributed by atoms with Gasteiger partial charge in [-0.25, -0.2) is 0 Å². The first-order valence-electron chi connectivity index (χ1n) is 9.59. The van der Waals surface area contributed by atoms with Crippen molar-refractivity contribution in [1.29, 1.82) is 0 Å². The second kappa shape index (κ2) is 14.4. The lowest BCUT2D eigenvalue weighted by Gasteiger charge is -2.26. The molecule has 1 fully saturated rings. The summed E-state index contributed by atoms with van der Waals surface area (Å²) in [5, 5.41) is 6.81. The molecule has 0 bridgehead atoms. The van der Waals surface area contributed by atoms with Gasteiger partial charge in [0.05, 0.1) is 0 Å². The summed E-state index contributed by atoms with van der Waals surface area (Å²) in [7, 11) is 1.84. The standard InChI is InChI=1S/C20H34N4.HI/c1-21-20(23-15-13-19-11-5-2-6-12-19)22-14-7-3-8-16-24-17-9-4-10-18-24;/h2,5-6,11-12H,3-4,7-10,13-18H2,1H3,(H2,21,22,23);1H. The number of nitrogens with one attached hydrogen (secondary N) is 2. The highest BCUT2D eigenvalue weighted by Gasteiger charge is 2.08. The van der Waals surface area contributed by atoms with Crippen molar-refractivity contribution in [3.63, 3.8) is 0 Å². The molecule has 0 atom stereocenters. The van der Waals surface area contributed by atoms with Crippen LogP contribution in [0.4, 0.5) is 0 Å². The molecule has 2 rings (SSSR count). The molecule has 0 aromatic heterocycles. The topological polar surface area (TPSA) is 39.7 Å². The molecule has 5 heteroatoms. The van der Waals surface area contributed by atoms with Gasteiger partial charge in [0.2, 0.25) is 0 Å². The molecule has 1 aromatic rings. The van der Waals surface area contributed by atoms with E-state index in [1.165, 1.54) is 63.7 Å². The minimum absolute atomic E-state index is 0. The summed E-state index contributed by atoms with van der Waals surface area (Å²) in [5.74, 6) is 0.918. The van der Waals surface area contributed by atoms with Crippen molar-refractivity contribution in [3.05, 3.63) is 35.9 Å². The highest BCUT2D eigenvalue weighted by atomic mass is 127. The van der Waals surface area contributed by atoms with E-state index in [-0.39, 0.29) is 24.0 Å². The average Bonchev–Trinajstić information content (AvgIpc) is 2.64. The first-order valence-corrected chi connectivity index (χ1v) is 9.59. The van der Waals surface area contributed by atoms with E-state index in [0.717, 1.165) is 25.5 Å². The Bertz CT molecular complexity index is 458. The highest BCUT2D eigenvalue weighted by molar-refractivity contribution is 14.0. The molecule has 0 aliphatic carbocycles. The third kappa shape index (κ3) is 10.0. The van der Waals surface area contributed by atoms with E-state index >= 15 is 0 Å². The molecule has 0 spiro atoms. The lowest BCUT2D eigenvalue weighted by atomic mass is 10.1. The van der Waals surface area contributed by atoms with Crippen molar-refractivity contribution in [3.8, 4) is 0 Å². The van der Waals surface area contributed by atoms with E-state index in [9.17, 15) is 0 Å². The van der Waals surface area contributed by atoms with Crippen molar-refractivity contribution < 1.29 is 0 Å². The fraction of sp³-hybridized carbons (Fsp3) is 0.650. The van der Waals surface area contributed by atoms with Gasteiger partial charge in [0.1, 0.15) is 0 Å².